The van der Waals surface area contributed by atoms with Gasteiger partial charge in [-0.15, -0.1) is 0 Å². The van der Waals surface area contributed by atoms with E-state index in [1.807, 2.05) is 0 Å². The largest absolute Gasteiger partial charge is 0.493 e. The average molecular weight is 500 g/mol. The predicted octanol–water partition coefficient (Wildman–Crippen LogP) is 5.43. The van der Waals surface area contributed by atoms with E-state index < -0.39 is 18.0 Å². The summed E-state index contributed by atoms with van der Waals surface area (Å²) in [5, 5.41) is 6.53. The fourth-order valence-corrected chi connectivity index (χ4v) is 4.00. The summed E-state index contributed by atoms with van der Waals surface area (Å²) >= 11 is 18.7. The van der Waals surface area contributed by atoms with E-state index in [1.165, 1.54) is 7.11 Å². The molecule has 0 bridgehead atoms. The number of esters is 1. The van der Waals surface area contributed by atoms with Crippen LogP contribution >= 0.6 is 34.8 Å². The molecule has 0 radical (unpaired) electrons. The van der Waals surface area contributed by atoms with E-state index in [0.717, 1.165) is 0 Å². The van der Waals surface area contributed by atoms with Gasteiger partial charge in [0.1, 0.15) is 6.61 Å². The Morgan fingerprint density at radius 2 is 1.88 bits per heavy atom. The quantitative estimate of drug-likeness (QED) is 0.497. The van der Waals surface area contributed by atoms with Crippen LogP contribution in [0.2, 0.25) is 15.1 Å². The average Bonchev–Trinajstić information content (AvgIpc) is 2.73. The first-order chi connectivity index (χ1) is 15.2. The van der Waals surface area contributed by atoms with Gasteiger partial charge in [-0.25, -0.2) is 9.59 Å². The van der Waals surface area contributed by atoms with Crippen LogP contribution in [0.1, 0.15) is 31.0 Å². The number of nitrogens with one attached hydrogen (secondary N) is 2. The van der Waals surface area contributed by atoms with Crippen LogP contribution in [-0.4, -0.2) is 25.7 Å². The maximum atomic E-state index is 12.5. The second-order valence-corrected chi connectivity index (χ2v) is 8.10. The van der Waals surface area contributed by atoms with Crippen LogP contribution in [-0.2, 0) is 16.1 Å². The number of hydrogen-bond acceptors (Lipinski definition) is 5. The third kappa shape index (κ3) is 5.23. The summed E-state index contributed by atoms with van der Waals surface area (Å²) < 4.78 is 16.5. The third-order valence-corrected chi connectivity index (χ3v) is 5.60. The van der Waals surface area contributed by atoms with Crippen molar-refractivity contribution in [3.05, 3.63) is 67.8 Å². The summed E-state index contributed by atoms with van der Waals surface area (Å²) in [4.78, 5) is 24.6. The molecule has 1 aliphatic rings. The van der Waals surface area contributed by atoms with Crippen LogP contribution in [0.5, 0.6) is 11.5 Å². The molecular formula is C22H21Cl3N2O5. The molecule has 1 heterocycles. The highest BCUT2D eigenvalue weighted by molar-refractivity contribution is 6.35. The van der Waals surface area contributed by atoms with E-state index in [4.69, 9.17) is 49.0 Å². The number of ether oxygens (including phenoxy) is 3. The van der Waals surface area contributed by atoms with Gasteiger partial charge < -0.3 is 24.8 Å². The van der Waals surface area contributed by atoms with Gasteiger partial charge in [0.15, 0.2) is 11.5 Å². The molecule has 2 N–H and O–H groups in total. The lowest BCUT2D eigenvalue weighted by Crippen LogP contribution is -2.45. The lowest BCUT2D eigenvalue weighted by Gasteiger charge is -2.28. The number of methoxy groups -OCH3 is 1. The molecule has 170 valence electrons. The summed E-state index contributed by atoms with van der Waals surface area (Å²) in [5.41, 5.74) is 1.91. The number of carbonyl (C=O) groups excluding carboxylic acids is 2. The first-order valence-corrected chi connectivity index (χ1v) is 10.8. The Labute approximate surface area is 200 Å². The van der Waals surface area contributed by atoms with Crippen molar-refractivity contribution in [2.45, 2.75) is 26.5 Å². The highest BCUT2D eigenvalue weighted by Gasteiger charge is 2.33. The second-order valence-electron chi connectivity index (χ2n) is 6.85. The van der Waals surface area contributed by atoms with Gasteiger partial charge in [-0.05, 0) is 43.7 Å². The van der Waals surface area contributed by atoms with Crippen LogP contribution in [0.3, 0.4) is 0 Å². The summed E-state index contributed by atoms with van der Waals surface area (Å²) in [6, 6.07) is 7.10. The number of amides is 2. The number of carbonyl (C=O) groups is 2. The molecular weight excluding hydrogens is 479 g/mol. The molecule has 2 aromatic rings. The molecule has 0 spiro atoms. The summed E-state index contributed by atoms with van der Waals surface area (Å²) in [6.07, 6.45) is 0. The molecule has 0 aliphatic carbocycles. The zero-order valence-electron chi connectivity index (χ0n) is 17.6. The molecule has 0 saturated carbocycles. The monoisotopic (exact) mass is 498 g/mol. The van der Waals surface area contributed by atoms with Gasteiger partial charge in [0.25, 0.3) is 0 Å². The summed E-state index contributed by atoms with van der Waals surface area (Å²) in [5.74, 6) is 0.0732. The van der Waals surface area contributed by atoms with Gasteiger partial charge in [-0.3, -0.25) is 0 Å². The maximum Gasteiger partial charge on any atom is 0.338 e. The molecule has 10 heteroatoms. The number of hydrogen-bond donors (Lipinski definition) is 2. The van der Waals surface area contributed by atoms with Crippen molar-refractivity contribution in [3.8, 4) is 11.5 Å². The molecule has 32 heavy (non-hydrogen) atoms. The van der Waals surface area contributed by atoms with Crippen molar-refractivity contribution in [2.24, 2.45) is 0 Å². The Hall–Kier alpha value is -2.61. The van der Waals surface area contributed by atoms with Gasteiger partial charge in [0, 0.05) is 21.3 Å². The molecule has 0 saturated heterocycles. The first kappa shape index (κ1) is 24.0. The minimum absolute atomic E-state index is 0.128. The van der Waals surface area contributed by atoms with Crippen LogP contribution in [0.4, 0.5) is 4.79 Å². The van der Waals surface area contributed by atoms with E-state index in [0.29, 0.717) is 38.4 Å². The Kier molecular flexibility index (Phi) is 7.77. The third-order valence-electron chi connectivity index (χ3n) is 4.74. The zero-order chi connectivity index (χ0) is 23.4. The minimum Gasteiger partial charge on any atom is -0.493 e. The first-order valence-electron chi connectivity index (χ1n) is 9.64. The van der Waals surface area contributed by atoms with E-state index in [-0.39, 0.29) is 23.8 Å². The SMILES string of the molecule is CCOC(=O)C1=C(C)NC(=O)N[C@@H]1c1cc(Cl)c(OCc2ccc(Cl)cc2Cl)c(OC)c1. The van der Waals surface area contributed by atoms with Crippen molar-refractivity contribution in [2.75, 3.05) is 13.7 Å². The Morgan fingerprint density at radius 1 is 1.12 bits per heavy atom. The van der Waals surface area contributed by atoms with Crippen molar-refractivity contribution < 1.29 is 23.8 Å². The number of halogens is 3. The van der Waals surface area contributed by atoms with E-state index >= 15 is 0 Å². The van der Waals surface area contributed by atoms with Gasteiger partial charge in [0.2, 0.25) is 0 Å². The van der Waals surface area contributed by atoms with E-state index in [1.54, 1.807) is 44.2 Å². The highest BCUT2D eigenvalue weighted by Crippen LogP contribution is 2.40. The fraction of sp³-hybridized carbons (Fsp3) is 0.273. The molecule has 0 unspecified atom stereocenters. The summed E-state index contributed by atoms with van der Waals surface area (Å²) in [7, 11) is 1.46. The standard InChI is InChI=1S/C22H21Cl3N2O5/c1-4-31-21(28)18-11(2)26-22(29)27-19(18)13-7-16(25)20(17(8-13)30-3)32-10-12-5-6-14(23)9-15(12)24/h5-9,19H,4,10H2,1-3H3,(H2,26,27,29)/t19-/m1/s1. The maximum absolute atomic E-state index is 12.5. The van der Waals surface area contributed by atoms with Crippen molar-refractivity contribution in [1.29, 1.82) is 0 Å². The molecule has 7 nitrogen and oxygen atoms in total. The van der Waals surface area contributed by atoms with Crippen LogP contribution in [0.15, 0.2) is 41.6 Å². The fourth-order valence-electron chi connectivity index (χ4n) is 3.26. The molecule has 2 amide bonds. The lowest BCUT2D eigenvalue weighted by molar-refractivity contribution is -0.139. The number of urea groups is 1. The van der Waals surface area contributed by atoms with E-state index in [2.05, 4.69) is 10.6 Å². The molecule has 2 aromatic carbocycles. The Balaban J connectivity index is 1.95. The van der Waals surface area contributed by atoms with Crippen LogP contribution < -0.4 is 20.1 Å². The Morgan fingerprint density at radius 3 is 2.53 bits per heavy atom. The smallest absolute Gasteiger partial charge is 0.338 e. The van der Waals surface area contributed by atoms with Gasteiger partial charge in [-0.1, -0.05) is 40.9 Å². The van der Waals surface area contributed by atoms with Gasteiger partial charge in [-0.2, -0.15) is 0 Å². The molecule has 0 aromatic heterocycles. The number of rotatable bonds is 7. The van der Waals surface area contributed by atoms with Gasteiger partial charge >= 0.3 is 12.0 Å². The zero-order valence-corrected chi connectivity index (χ0v) is 19.8. The highest BCUT2D eigenvalue weighted by atomic mass is 35.5. The predicted molar refractivity (Wildman–Crippen MR) is 123 cm³/mol. The number of allylic oxidation sites excluding steroid dienone is 1. The topological polar surface area (TPSA) is 85.9 Å². The normalized spacial score (nSPS) is 15.7. The van der Waals surface area contributed by atoms with Crippen molar-refractivity contribution in [1.82, 2.24) is 10.6 Å². The van der Waals surface area contributed by atoms with Crippen LogP contribution in [0.25, 0.3) is 0 Å². The molecule has 1 aliphatic heterocycles. The van der Waals surface area contributed by atoms with Crippen molar-refractivity contribution >= 4 is 46.8 Å². The van der Waals surface area contributed by atoms with Crippen molar-refractivity contribution in [3.63, 3.8) is 0 Å². The Bertz CT molecular complexity index is 1090. The minimum atomic E-state index is -0.783. The second kappa shape index (κ2) is 10.3. The molecule has 3 rings (SSSR count). The number of benzene rings is 2. The lowest BCUT2D eigenvalue weighted by atomic mass is 9.95. The van der Waals surface area contributed by atoms with Crippen LogP contribution in [0, 0.1) is 0 Å². The molecule has 1 atom stereocenters. The van der Waals surface area contributed by atoms with E-state index in [9.17, 15) is 9.59 Å². The summed E-state index contributed by atoms with van der Waals surface area (Å²) in [6.45, 7) is 3.66. The van der Waals surface area contributed by atoms with Gasteiger partial charge in [0.05, 0.1) is 30.4 Å². The molecule has 0 fully saturated rings.